The highest BCUT2D eigenvalue weighted by atomic mass is 16.1. The van der Waals surface area contributed by atoms with E-state index in [4.69, 9.17) is 0 Å². The maximum Gasteiger partial charge on any atom is 0.250 e. The highest BCUT2D eigenvalue weighted by Crippen LogP contribution is 2.20. The molecule has 124 valence electrons. The molecular weight excluding hydrogens is 300 g/mol. The molecule has 1 aromatic heterocycles. The molecule has 3 rings (SSSR count). The molecule has 4 heteroatoms. The number of carbonyl (C=O) groups excluding carboxylic acids is 1. The molecule has 1 aliphatic rings. The number of rotatable bonds is 6. The average molecular weight is 322 g/mol. The second-order valence-corrected chi connectivity index (χ2v) is 6.23. The third-order valence-electron chi connectivity index (χ3n) is 4.32. The Labute approximate surface area is 141 Å². The molecule has 1 amide bonds. The summed E-state index contributed by atoms with van der Waals surface area (Å²) in [7, 11) is 0. The lowest BCUT2D eigenvalue weighted by atomic mass is 10.0. The monoisotopic (exact) mass is 322 g/mol. The van der Waals surface area contributed by atoms with Gasteiger partial charge in [-0.05, 0) is 36.0 Å². The lowest BCUT2D eigenvalue weighted by Gasteiger charge is -2.10. The van der Waals surface area contributed by atoms with Crippen molar-refractivity contribution in [1.29, 1.82) is 0 Å². The molecule has 0 bridgehead atoms. The van der Waals surface area contributed by atoms with E-state index in [-0.39, 0.29) is 11.5 Å². The highest BCUT2D eigenvalue weighted by Gasteiger charge is 2.13. The molecule has 1 N–H and O–H groups in total. The van der Waals surface area contributed by atoms with Crippen LogP contribution in [0.4, 0.5) is 0 Å². The fourth-order valence-electron chi connectivity index (χ4n) is 2.93. The minimum atomic E-state index is -0.00481. The second-order valence-electron chi connectivity index (χ2n) is 6.23. The van der Waals surface area contributed by atoms with Gasteiger partial charge >= 0.3 is 0 Å². The molecule has 0 aliphatic heterocycles. The topological polar surface area (TPSA) is 51.1 Å². The number of nitrogens with one attached hydrogen (secondary N) is 1. The maximum absolute atomic E-state index is 11.9. The van der Waals surface area contributed by atoms with Crippen molar-refractivity contribution < 1.29 is 4.79 Å². The predicted molar refractivity (Wildman–Crippen MR) is 94.6 cm³/mol. The molecule has 0 saturated heterocycles. The van der Waals surface area contributed by atoms with E-state index < -0.39 is 0 Å². The summed E-state index contributed by atoms with van der Waals surface area (Å²) >= 11 is 0. The summed E-state index contributed by atoms with van der Waals surface area (Å²) in [6.45, 7) is 1.10. The van der Waals surface area contributed by atoms with E-state index in [1.54, 1.807) is 22.9 Å². The first kappa shape index (κ1) is 16.2. The Morgan fingerprint density at radius 3 is 2.62 bits per heavy atom. The summed E-state index contributed by atoms with van der Waals surface area (Å²) in [5.41, 5.74) is 2.12. The maximum atomic E-state index is 11.9. The van der Waals surface area contributed by atoms with Crippen LogP contribution in [0, 0.1) is 5.92 Å². The van der Waals surface area contributed by atoms with Crippen molar-refractivity contribution in [2.24, 2.45) is 5.92 Å². The molecular formula is C20H22N2O2. The Morgan fingerprint density at radius 1 is 1.12 bits per heavy atom. The Morgan fingerprint density at radius 2 is 1.92 bits per heavy atom. The van der Waals surface area contributed by atoms with Crippen molar-refractivity contribution in [2.75, 3.05) is 0 Å². The molecule has 4 nitrogen and oxygen atoms in total. The van der Waals surface area contributed by atoms with Gasteiger partial charge in [0.15, 0.2) is 0 Å². The summed E-state index contributed by atoms with van der Waals surface area (Å²) in [5, 5.41) is 2.98. The van der Waals surface area contributed by atoms with Crippen LogP contribution in [0.3, 0.4) is 0 Å². The van der Waals surface area contributed by atoms with Crippen LogP contribution in [0.5, 0.6) is 0 Å². The number of carbonyl (C=O) groups is 1. The molecule has 1 heterocycles. The highest BCUT2D eigenvalue weighted by molar-refractivity contribution is 5.76. The lowest BCUT2D eigenvalue weighted by molar-refractivity contribution is -0.121. The smallest absolute Gasteiger partial charge is 0.250 e. The zero-order valence-electron chi connectivity index (χ0n) is 13.7. The van der Waals surface area contributed by atoms with Gasteiger partial charge in [-0.25, -0.2) is 0 Å². The molecule has 1 aliphatic carbocycles. The minimum absolute atomic E-state index is 0.00481. The van der Waals surface area contributed by atoms with E-state index in [1.165, 1.54) is 0 Å². The van der Waals surface area contributed by atoms with Gasteiger partial charge in [0, 0.05) is 25.2 Å². The summed E-state index contributed by atoms with van der Waals surface area (Å²) in [5.74, 6) is 0.503. The number of amides is 1. The van der Waals surface area contributed by atoms with E-state index in [0.29, 0.717) is 25.4 Å². The molecule has 0 radical (unpaired) electrons. The van der Waals surface area contributed by atoms with Gasteiger partial charge in [-0.1, -0.05) is 42.5 Å². The van der Waals surface area contributed by atoms with Crippen LogP contribution in [0.1, 0.15) is 30.4 Å². The fraction of sp³-hybridized carbons (Fsp3) is 0.300. The van der Waals surface area contributed by atoms with E-state index >= 15 is 0 Å². The first-order chi connectivity index (χ1) is 11.7. The molecule has 0 fully saturated rings. The largest absolute Gasteiger partial charge is 0.352 e. The SMILES string of the molecule is O=C(CC1C=CCC1)NCc1ccc(Cn2ccccc2=O)cc1. The minimum Gasteiger partial charge on any atom is -0.352 e. The van der Waals surface area contributed by atoms with Crippen molar-refractivity contribution >= 4 is 5.91 Å². The molecule has 1 atom stereocenters. The standard InChI is InChI=1S/C20H22N2O2/c23-19(13-16-5-1-2-6-16)21-14-17-8-10-18(11-9-17)15-22-12-4-3-7-20(22)24/h1,3-5,7-12,16H,2,6,13-15H2,(H,21,23). The number of hydrogen-bond acceptors (Lipinski definition) is 2. The first-order valence-electron chi connectivity index (χ1n) is 8.37. The Balaban J connectivity index is 1.51. The number of benzene rings is 1. The van der Waals surface area contributed by atoms with Gasteiger partial charge in [0.1, 0.15) is 0 Å². The fourth-order valence-corrected chi connectivity index (χ4v) is 2.93. The Kier molecular flexibility index (Phi) is 5.26. The van der Waals surface area contributed by atoms with Gasteiger partial charge in [0.2, 0.25) is 5.91 Å². The molecule has 0 spiro atoms. The van der Waals surface area contributed by atoms with E-state index in [9.17, 15) is 9.59 Å². The third kappa shape index (κ3) is 4.44. The summed E-state index contributed by atoms with van der Waals surface area (Å²) in [6, 6.07) is 13.2. The predicted octanol–water partition coefficient (Wildman–Crippen LogP) is 2.87. The van der Waals surface area contributed by atoms with Gasteiger partial charge in [-0.2, -0.15) is 0 Å². The van der Waals surface area contributed by atoms with Crippen LogP contribution in [-0.4, -0.2) is 10.5 Å². The van der Waals surface area contributed by atoms with Crippen LogP contribution in [0.15, 0.2) is 65.6 Å². The van der Waals surface area contributed by atoms with Crippen molar-refractivity contribution in [3.8, 4) is 0 Å². The number of allylic oxidation sites excluding steroid dienone is 2. The summed E-state index contributed by atoms with van der Waals surface area (Å²) < 4.78 is 1.67. The van der Waals surface area contributed by atoms with Crippen molar-refractivity contribution in [1.82, 2.24) is 9.88 Å². The Hall–Kier alpha value is -2.62. The molecule has 24 heavy (non-hydrogen) atoms. The number of pyridine rings is 1. The summed E-state index contributed by atoms with van der Waals surface area (Å²) in [6.07, 6.45) is 8.82. The van der Waals surface area contributed by atoms with Crippen molar-refractivity contribution in [3.63, 3.8) is 0 Å². The van der Waals surface area contributed by atoms with E-state index in [2.05, 4.69) is 17.5 Å². The van der Waals surface area contributed by atoms with Gasteiger partial charge in [0.05, 0.1) is 6.54 Å². The van der Waals surface area contributed by atoms with Crippen LogP contribution in [0.2, 0.25) is 0 Å². The lowest BCUT2D eigenvalue weighted by Crippen LogP contribution is -2.24. The number of nitrogens with zero attached hydrogens (tertiary/aromatic N) is 1. The van der Waals surface area contributed by atoms with Gasteiger partial charge < -0.3 is 9.88 Å². The normalized spacial score (nSPS) is 16.2. The molecule has 2 aromatic rings. The van der Waals surface area contributed by atoms with Gasteiger partial charge in [-0.15, -0.1) is 0 Å². The zero-order chi connectivity index (χ0) is 16.8. The van der Waals surface area contributed by atoms with E-state index in [0.717, 1.165) is 24.0 Å². The van der Waals surface area contributed by atoms with Crippen LogP contribution in [-0.2, 0) is 17.9 Å². The van der Waals surface area contributed by atoms with Gasteiger partial charge in [0.25, 0.3) is 5.56 Å². The molecule has 1 aromatic carbocycles. The second kappa shape index (κ2) is 7.77. The van der Waals surface area contributed by atoms with Crippen LogP contribution < -0.4 is 10.9 Å². The van der Waals surface area contributed by atoms with Gasteiger partial charge in [-0.3, -0.25) is 9.59 Å². The number of aromatic nitrogens is 1. The third-order valence-corrected chi connectivity index (χ3v) is 4.32. The average Bonchev–Trinajstić information content (AvgIpc) is 3.09. The summed E-state index contributed by atoms with van der Waals surface area (Å²) in [4.78, 5) is 23.7. The van der Waals surface area contributed by atoms with Crippen LogP contribution in [0.25, 0.3) is 0 Å². The van der Waals surface area contributed by atoms with Crippen molar-refractivity contribution in [3.05, 3.63) is 82.3 Å². The quantitative estimate of drug-likeness (QED) is 0.832. The Bertz CT molecular complexity index is 775. The van der Waals surface area contributed by atoms with E-state index in [1.807, 2.05) is 30.3 Å². The first-order valence-corrected chi connectivity index (χ1v) is 8.37. The zero-order valence-corrected chi connectivity index (χ0v) is 13.7. The number of hydrogen-bond donors (Lipinski definition) is 1. The molecule has 0 saturated carbocycles. The van der Waals surface area contributed by atoms with Crippen LogP contribution >= 0.6 is 0 Å². The molecule has 1 unspecified atom stereocenters. The van der Waals surface area contributed by atoms with Crippen molar-refractivity contribution in [2.45, 2.75) is 32.4 Å².